The van der Waals surface area contributed by atoms with E-state index in [0.29, 0.717) is 35.0 Å². The highest BCUT2D eigenvalue weighted by molar-refractivity contribution is 6.75. The van der Waals surface area contributed by atoms with Crippen LogP contribution in [0.2, 0.25) is 36.3 Å². The maximum absolute atomic E-state index is 14.7. The predicted molar refractivity (Wildman–Crippen MR) is 157 cm³/mol. The molecular weight excluding hydrogens is 532 g/mol. The third-order valence-corrected chi connectivity index (χ3v) is 18.4. The molecule has 2 saturated heterocycles. The zero-order valence-corrected chi connectivity index (χ0v) is 28.1. The number of carbonyl (C=O) groups excluding carboxylic acids is 2. The lowest BCUT2D eigenvalue weighted by Gasteiger charge is -2.40. The van der Waals surface area contributed by atoms with Gasteiger partial charge in [0.15, 0.2) is 11.5 Å². The number of ether oxygens (including phenoxy) is 3. The van der Waals surface area contributed by atoms with Crippen LogP contribution in [0.25, 0.3) is 0 Å². The van der Waals surface area contributed by atoms with E-state index in [1.807, 2.05) is 11.8 Å². The van der Waals surface area contributed by atoms with Crippen LogP contribution in [-0.4, -0.2) is 79.1 Å². The van der Waals surface area contributed by atoms with Crippen molar-refractivity contribution in [1.29, 1.82) is 0 Å². The summed E-state index contributed by atoms with van der Waals surface area (Å²) in [6, 6.07) is -0.662. The molecule has 2 fully saturated rings. The minimum absolute atomic E-state index is 0.0777. The molecule has 3 aliphatic rings. The van der Waals surface area contributed by atoms with Crippen LogP contribution in [0.3, 0.4) is 0 Å². The van der Waals surface area contributed by atoms with E-state index in [9.17, 15) is 9.59 Å². The molecule has 0 aromatic heterocycles. The van der Waals surface area contributed by atoms with E-state index in [2.05, 4.69) is 67.7 Å². The zero-order chi connectivity index (χ0) is 29.7. The first kappa shape index (κ1) is 29.7. The molecule has 3 heterocycles. The van der Waals surface area contributed by atoms with Crippen molar-refractivity contribution in [1.82, 2.24) is 4.90 Å². The van der Waals surface area contributed by atoms with E-state index in [1.165, 1.54) is 14.2 Å². The Kier molecular flexibility index (Phi) is 6.77. The Hall–Kier alpha value is -2.25. The number of nitrogens with zero attached hydrogens (tertiary/aromatic N) is 2. The molecule has 4 rings (SSSR count). The van der Waals surface area contributed by atoms with Gasteiger partial charge in [0.2, 0.25) is 11.5 Å². The molecule has 0 unspecified atom stereocenters. The number of piperazine rings is 1. The van der Waals surface area contributed by atoms with Crippen molar-refractivity contribution < 1.29 is 32.7 Å². The summed E-state index contributed by atoms with van der Waals surface area (Å²) in [6.45, 7) is 24.1. The molecule has 11 heteroatoms. The van der Waals surface area contributed by atoms with Crippen LogP contribution in [0.5, 0.6) is 17.2 Å². The number of carbonyl (C=O) groups is 2. The molecule has 1 amide bonds. The first-order valence-electron chi connectivity index (χ1n) is 13.6. The van der Waals surface area contributed by atoms with Gasteiger partial charge in [0.1, 0.15) is 11.8 Å². The number of amides is 1. The first-order valence-corrected chi connectivity index (χ1v) is 19.4. The van der Waals surface area contributed by atoms with Crippen molar-refractivity contribution in [2.45, 2.75) is 103 Å². The third kappa shape index (κ3) is 4.01. The van der Waals surface area contributed by atoms with Gasteiger partial charge >= 0.3 is 6.09 Å². The molecule has 1 aromatic rings. The number of hydrogen-bond acceptors (Lipinski definition) is 8. The smallest absolute Gasteiger partial charge is 0.410 e. The number of anilines is 1. The van der Waals surface area contributed by atoms with Gasteiger partial charge in [-0.3, -0.25) is 9.69 Å². The Bertz CT molecular complexity index is 1220. The summed E-state index contributed by atoms with van der Waals surface area (Å²) in [5.74, 6) is 1.34. The van der Waals surface area contributed by atoms with Gasteiger partial charge in [-0.2, -0.15) is 0 Å². The number of hydrogen-bond donors (Lipinski definition) is 0. The van der Waals surface area contributed by atoms with Gasteiger partial charge in [-0.05, 0) is 43.2 Å². The van der Waals surface area contributed by atoms with Crippen molar-refractivity contribution in [3.63, 3.8) is 0 Å². The second-order valence-corrected chi connectivity index (χ2v) is 23.4. The van der Waals surface area contributed by atoms with Crippen LogP contribution in [0, 0.1) is 6.92 Å². The summed E-state index contributed by atoms with van der Waals surface area (Å²) >= 11 is 0. The van der Waals surface area contributed by atoms with Crippen LogP contribution in [-0.2, 0) is 9.47 Å². The highest BCUT2D eigenvalue weighted by Crippen LogP contribution is 2.63. The largest absolute Gasteiger partial charge is 0.542 e. The van der Waals surface area contributed by atoms with Crippen molar-refractivity contribution in [2.75, 3.05) is 32.8 Å². The molecule has 0 aliphatic carbocycles. The molecule has 9 nitrogen and oxygen atoms in total. The molecule has 0 radical (unpaired) electrons. The standard InChI is InChI=1S/C28H46N2O7Si2/c1-16-20(36-38(11,12)26(2,3)4)19-18(22(21(16)33-8)37-39(13,14)27(5,6)7)24(31)28(35-10)23-17(15-29(19)28)30(23)25(32)34-9/h17,23H,15H2,1-14H3/t17-,23-,28-,30?/m0/s1. The Morgan fingerprint density at radius 1 is 0.897 bits per heavy atom. The van der Waals surface area contributed by atoms with Crippen LogP contribution in [0.15, 0.2) is 0 Å². The van der Waals surface area contributed by atoms with Gasteiger partial charge in [0.25, 0.3) is 16.6 Å². The number of benzene rings is 1. The molecule has 3 aliphatic heterocycles. The summed E-state index contributed by atoms with van der Waals surface area (Å²) in [7, 11) is -0.269. The first-order chi connectivity index (χ1) is 17.7. The van der Waals surface area contributed by atoms with Crippen LogP contribution >= 0.6 is 0 Å². The molecule has 0 spiro atoms. The highest BCUT2D eigenvalue weighted by atomic mass is 28.4. The van der Waals surface area contributed by atoms with E-state index in [0.717, 1.165) is 5.56 Å². The molecule has 0 N–H and O–H groups in total. The van der Waals surface area contributed by atoms with Crippen molar-refractivity contribution in [2.24, 2.45) is 0 Å². The van der Waals surface area contributed by atoms with Gasteiger partial charge in [0.05, 0.1) is 31.5 Å². The molecule has 218 valence electrons. The Morgan fingerprint density at radius 3 is 1.85 bits per heavy atom. The number of methoxy groups -OCH3 is 3. The fourth-order valence-electron chi connectivity index (χ4n) is 5.31. The predicted octanol–water partition coefficient (Wildman–Crippen LogP) is 5.95. The number of ketones is 1. The van der Waals surface area contributed by atoms with E-state index in [-0.39, 0.29) is 21.9 Å². The zero-order valence-electron chi connectivity index (χ0n) is 26.1. The average molecular weight is 579 g/mol. The van der Waals surface area contributed by atoms with Gasteiger partial charge in [0, 0.05) is 19.2 Å². The van der Waals surface area contributed by atoms with Gasteiger partial charge in [-0.1, -0.05) is 41.5 Å². The van der Waals surface area contributed by atoms with E-state index in [1.54, 1.807) is 12.0 Å². The average Bonchev–Trinajstić information content (AvgIpc) is 3.33. The Labute approximate surface area is 235 Å². The monoisotopic (exact) mass is 578 g/mol. The summed E-state index contributed by atoms with van der Waals surface area (Å²) in [4.78, 5) is 30.8. The van der Waals surface area contributed by atoms with E-state index in [4.69, 9.17) is 23.1 Å². The molecule has 3 atom stereocenters. The third-order valence-electron chi connectivity index (χ3n) is 9.72. The minimum atomic E-state index is -2.41. The topological polar surface area (TPSA) is 86.5 Å². The number of fused-ring (bicyclic) bond motifs is 5. The van der Waals surface area contributed by atoms with Gasteiger partial charge < -0.3 is 28.0 Å². The van der Waals surface area contributed by atoms with Crippen molar-refractivity contribution in [3.05, 3.63) is 11.1 Å². The lowest BCUT2D eigenvalue weighted by molar-refractivity contribution is 0.00158. The van der Waals surface area contributed by atoms with Gasteiger partial charge in [-0.25, -0.2) is 4.79 Å². The lowest BCUT2D eigenvalue weighted by atomic mass is 9.98. The fraction of sp³-hybridized carbons (Fsp3) is 0.714. The molecule has 0 bridgehead atoms. The van der Waals surface area contributed by atoms with Crippen LogP contribution in [0.1, 0.15) is 57.5 Å². The van der Waals surface area contributed by atoms with Crippen LogP contribution in [0.4, 0.5) is 10.5 Å². The second kappa shape index (κ2) is 8.88. The second-order valence-electron chi connectivity index (χ2n) is 14.0. The summed E-state index contributed by atoms with van der Waals surface area (Å²) in [6.07, 6.45) is -0.464. The van der Waals surface area contributed by atoms with Crippen molar-refractivity contribution >= 4 is 34.2 Å². The van der Waals surface area contributed by atoms with E-state index < -0.39 is 34.5 Å². The van der Waals surface area contributed by atoms with Gasteiger partial charge in [-0.15, -0.1) is 0 Å². The SMILES string of the molecule is COC(=O)N1[C@H]2[C@@H]1CN1c3c(O[Si](C)(C)C(C)(C)C)c(C)c(OC)c(O[Si](C)(C)C(C)(C)C)c3C(=O)[C@@]21OC. The van der Waals surface area contributed by atoms with E-state index >= 15 is 0 Å². The van der Waals surface area contributed by atoms with Crippen molar-refractivity contribution in [3.8, 4) is 17.2 Å². The lowest BCUT2D eigenvalue weighted by Crippen LogP contribution is -2.55. The summed E-state index contributed by atoms with van der Waals surface area (Å²) in [5, 5.41) is -0.194. The maximum Gasteiger partial charge on any atom is 0.410 e. The number of rotatable bonds is 6. The number of Topliss-reactive ketones (excluding diaryl/α,β-unsaturated/α-hetero) is 1. The minimum Gasteiger partial charge on any atom is -0.542 e. The highest BCUT2D eigenvalue weighted by Gasteiger charge is 2.78. The summed E-state index contributed by atoms with van der Waals surface area (Å²) < 4.78 is 31.0. The summed E-state index contributed by atoms with van der Waals surface area (Å²) in [5.41, 5.74) is 0.487. The maximum atomic E-state index is 14.7. The fourth-order valence-corrected chi connectivity index (χ4v) is 7.39. The molecule has 1 aromatic carbocycles. The normalized spacial score (nSPS) is 24.3. The molecule has 39 heavy (non-hydrogen) atoms. The Balaban J connectivity index is 2.01. The Morgan fingerprint density at radius 2 is 1.41 bits per heavy atom. The quantitative estimate of drug-likeness (QED) is 0.302. The van der Waals surface area contributed by atoms with Crippen LogP contribution < -0.4 is 18.5 Å². The molecule has 0 saturated carbocycles. The molecular formula is C28H46N2O7Si2.